The van der Waals surface area contributed by atoms with Gasteiger partial charge >= 0.3 is 5.97 Å². The van der Waals surface area contributed by atoms with Crippen LogP contribution in [-0.2, 0) is 60.9 Å². The van der Waals surface area contributed by atoms with Crippen LogP contribution in [-0.4, -0.2) is 153 Å². The van der Waals surface area contributed by atoms with Crippen molar-refractivity contribution in [2.45, 2.75) is 139 Å². The lowest BCUT2D eigenvalue weighted by Gasteiger charge is -2.21. The van der Waals surface area contributed by atoms with Crippen LogP contribution in [0.25, 0.3) is 10.9 Å². The van der Waals surface area contributed by atoms with Crippen LogP contribution in [0.4, 0.5) is 0 Å². The minimum Gasteiger partial charge on any atom is -0.496 e. The molecule has 5 atom stereocenters. The molecule has 5 aromatic carbocycles. The molecule has 526 valence electrons. The van der Waals surface area contributed by atoms with Crippen molar-refractivity contribution in [1.29, 1.82) is 0 Å². The van der Waals surface area contributed by atoms with Gasteiger partial charge in [0.05, 0.1) is 73.8 Å². The second-order valence-corrected chi connectivity index (χ2v) is 24.0. The molecule has 5 amide bonds. The third-order valence-corrected chi connectivity index (χ3v) is 16.7. The van der Waals surface area contributed by atoms with E-state index >= 15 is 0 Å². The smallest absolute Gasteiger partial charge is 0.341 e. The average Bonchev–Trinajstić information content (AvgIpc) is 1.32. The maximum absolute atomic E-state index is 14.5. The van der Waals surface area contributed by atoms with Crippen molar-refractivity contribution in [3.63, 3.8) is 0 Å². The predicted octanol–water partition coefficient (Wildman–Crippen LogP) is 4.17. The number of benzene rings is 5. The number of unbranched alkanes of at least 4 members (excludes halogenated alkanes) is 4. The molecule has 0 radical (unpaired) electrons. The van der Waals surface area contributed by atoms with Gasteiger partial charge in [0.1, 0.15) is 23.0 Å². The highest BCUT2D eigenvalue weighted by Crippen LogP contribution is 2.28. The zero-order chi connectivity index (χ0) is 71.3. The molecule has 0 bridgehead atoms. The highest BCUT2D eigenvalue weighted by atomic mass is 16.5. The number of fused-ring (bicyclic) bond motifs is 1. The topological polar surface area (TPSA) is 448 Å². The van der Waals surface area contributed by atoms with Crippen LogP contribution in [0.2, 0.25) is 0 Å². The number of nitrogens with one attached hydrogen (secondary N) is 5. The van der Waals surface area contributed by atoms with Crippen LogP contribution < -0.4 is 74.6 Å². The Balaban J connectivity index is 1.18. The van der Waals surface area contributed by atoms with E-state index in [1.807, 2.05) is 30.5 Å². The molecule has 0 fully saturated rings. The number of hydrogen-bond acceptors (Lipinski definition) is 19. The summed E-state index contributed by atoms with van der Waals surface area (Å²) < 4.78 is 22.0. The fourth-order valence-corrected chi connectivity index (χ4v) is 11.4. The maximum Gasteiger partial charge on any atom is 0.341 e. The summed E-state index contributed by atoms with van der Waals surface area (Å²) in [5.41, 5.74) is 38.4. The Morgan fingerprint density at radius 1 is 0.459 bits per heavy atom. The number of nitrogens with two attached hydrogens (primary N) is 6. The third kappa shape index (κ3) is 22.9. The number of para-hydroxylation sites is 1. The van der Waals surface area contributed by atoms with Crippen LogP contribution in [0.5, 0.6) is 23.0 Å². The molecule has 26 heteroatoms. The molecule has 6 rings (SSSR count). The molecule has 1 heterocycles. The van der Waals surface area contributed by atoms with E-state index in [1.165, 1.54) is 69.9 Å². The molecule has 0 aliphatic heterocycles. The second-order valence-electron chi connectivity index (χ2n) is 24.0. The summed E-state index contributed by atoms with van der Waals surface area (Å²) in [6, 6.07) is 20.4. The number of hydrogen-bond donors (Lipinski definition) is 12. The van der Waals surface area contributed by atoms with E-state index in [0.717, 1.165) is 16.5 Å². The number of carbonyl (C=O) groups excluding carboxylic acids is 9. The number of rotatable bonds is 45. The normalized spacial score (nSPS) is 12.7. The Morgan fingerprint density at radius 3 is 1.17 bits per heavy atom. The maximum atomic E-state index is 14.5. The number of aromatic nitrogens is 1. The summed E-state index contributed by atoms with van der Waals surface area (Å²) in [6.45, 7) is 0.478. The number of ketones is 4. The molecule has 18 N–H and O–H groups in total. The van der Waals surface area contributed by atoms with E-state index in [4.69, 9.17) is 53.3 Å². The number of Topliss-reactive ketones (excluding diaryl/α,β-unsaturated/α-hetero) is 4. The fourth-order valence-electron chi connectivity index (χ4n) is 11.4. The number of ether oxygens (including phenoxy) is 4. The number of H-pyrrole nitrogens is 1. The Labute approximate surface area is 569 Å². The van der Waals surface area contributed by atoms with Crippen molar-refractivity contribution in [1.82, 2.24) is 26.3 Å². The zero-order valence-electron chi connectivity index (χ0n) is 55.9. The van der Waals surface area contributed by atoms with Crippen LogP contribution in [0.15, 0.2) is 103 Å². The number of carboxylic acid groups (broad SMARTS) is 1. The highest BCUT2D eigenvalue weighted by Gasteiger charge is 2.31. The predicted molar refractivity (Wildman–Crippen MR) is 369 cm³/mol. The summed E-state index contributed by atoms with van der Waals surface area (Å²) in [6.07, 6.45) is 5.87. The van der Waals surface area contributed by atoms with Gasteiger partial charge in [0.25, 0.3) is 23.6 Å². The standard InChI is InChI=1S/C72H93N11O15/c1-95-63-24-20-43(32-49(63)68(78)90)36-59(84)57(18-8-12-30-75)82-71(93)52-35-46(23-27-66(52)98-42-67(88)89)39-61(86)56(17-7-11-29-74)81-69(91)50-33-44(21-25-64(50)96-2)37-60(85)55(16-6-10-28-73)80-70(92)51-34-45(22-26-65(51)97-3)38-62(87)58(19-9-13-31-76)83-72(94)53(77)40-47-41-79-54-15-5-4-14-48(47)54/h4-5,14-15,20-27,32-35,41,53,55-58,79H,6-13,16-19,28-31,36-40,42,73-77H2,1-3H3,(H2,78,90)(H,80,92)(H,81,91)(H,82,93)(H,83,94)(H,88,89)/t53-,55-,56-,57-,58-/m0/s1. The first-order valence-electron chi connectivity index (χ1n) is 32.9. The minimum atomic E-state index is -1.34. The van der Waals surface area contributed by atoms with Crippen LogP contribution in [0.1, 0.15) is 146 Å². The van der Waals surface area contributed by atoms with Gasteiger partial charge in [-0.05, 0) is 192 Å². The molecular formula is C72H93N11O15. The SMILES string of the molecule is COc1ccc(CC(=O)[C@H](CCCCN)NC(=O)c2cc(CC(=O)[C@H](CCCCN)NC(=O)c3cc(CC(=O)[C@H](CCCCN)NC(=O)c4cc(CC(=O)[C@H](CCCCN)NC(=O)[C@@H](N)Cc5c[nH]c6ccccc56)ccc4OC)ccc3OC)ccc2OCC(=O)O)cc1C(N)=O. The molecule has 98 heavy (non-hydrogen) atoms. The number of methoxy groups -OCH3 is 3. The van der Waals surface area contributed by atoms with E-state index in [1.54, 1.807) is 24.3 Å². The molecular weight excluding hydrogens is 1260 g/mol. The Kier molecular flexibility index (Phi) is 31.0. The van der Waals surface area contributed by atoms with E-state index in [0.29, 0.717) is 94.1 Å². The number of aliphatic carboxylic acids is 1. The number of aromatic amines is 1. The van der Waals surface area contributed by atoms with Crippen molar-refractivity contribution in [2.24, 2.45) is 34.4 Å². The van der Waals surface area contributed by atoms with Gasteiger partial charge in [-0.3, -0.25) is 43.2 Å². The summed E-state index contributed by atoms with van der Waals surface area (Å²) in [4.78, 5) is 141. The molecule has 26 nitrogen and oxygen atoms in total. The van der Waals surface area contributed by atoms with E-state index in [2.05, 4.69) is 26.3 Å². The average molecular weight is 1350 g/mol. The van der Waals surface area contributed by atoms with E-state index in [-0.39, 0.29) is 115 Å². The number of carbonyl (C=O) groups is 10. The van der Waals surface area contributed by atoms with Crippen LogP contribution >= 0.6 is 0 Å². The monoisotopic (exact) mass is 1350 g/mol. The van der Waals surface area contributed by atoms with E-state index in [9.17, 15) is 53.1 Å². The zero-order valence-corrected chi connectivity index (χ0v) is 55.9. The van der Waals surface area contributed by atoms with Gasteiger partial charge in [-0.2, -0.15) is 0 Å². The van der Waals surface area contributed by atoms with Crippen molar-refractivity contribution in [2.75, 3.05) is 54.1 Å². The summed E-state index contributed by atoms with van der Waals surface area (Å²) >= 11 is 0. The van der Waals surface area contributed by atoms with Crippen molar-refractivity contribution < 1.29 is 72.0 Å². The lowest BCUT2D eigenvalue weighted by Crippen LogP contribution is -2.49. The Morgan fingerprint density at radius 2 is 0.806 bits per heavy atom. The first-order chi connectivity index (χ1) is 47.1. The number of primary amides is 1. The van der Waals surface area contributed by atoms with Gasteiger partial charge in [0, 0.05) is 42.8 Å². The summed E-state index contributed by atoms with van der Waals surface area (Å²) in [5, 5.41) is 21.8. The molecule has 0 spiro atoms. The summed E-state index contributed by atoms with van der Waals surface area (Å²) in [5.74, 6) is -6.12. The molecule has 0 saturated heterocycles. The van der Waals surface area contributed by atoms with Gasteiger partial charge in [-0.1, -0.05) is 42.5 Å². The first-order valence-corrected chi connectivity index (χ1v) is 32.9. The molecule has 0 aliphatic rings. The fraction of sp³-hybridized carbons (Fsp3) is 0.417. The highest BCUT2D eigenvalue weighted by molar-refractivity contribution is 6.04. The largest absolute Gasteiger partial charge is 0.496 e. The third-order valence-electron chi connectivity index (χ3n) is 16.7. The van der Waals surface area contributed by atoms with Gasteiger partial charge in [-0.15, -0.1) is 0 Å². The van der Waals surface area contributed by atoms with Gasteiger partial charge in [0.15, 0.2) is 29.7 Å². The van der Waals surface area contributed by atoms with Crippen LogP contribution in [0.3, 0.4) is 0 Å². The van der Waals surface area contributed by atoms with E-state index < -0.39 is 89.7 Å². The molecule has 0 saturated carbocycles. The molecule has 0 aliphatic carbocycles. The lowest BCUT2D eigenvalue weighted by atomic mass is 9.95. The Bertz CT molecular complexity index is 3760. The summed E-state index contributed by atoms with van der Waals surface area (Å²) in [7, 11) is 4.10. The van der Waals surface area contributed by atoms with Gasteiger partial charge < -0.3 is 84.7 Å². The first kappa shape index (κ1) is 77.1. The molecule has 6 aromatic rings. The van der Waals surface area contributed by atoms with Crippen molar-refractivity contribution in [3.05, 3.63) is 153 Å². The minimum absolute atomic E-state index is 0.0153. The van der Waals surface area contributed by atoms with Gasteiger partial charge in [-0.25, -0.2) is 4.79 Å². The number of carboxylic acids is 1. The Hall–Kier alpha value is -9.86. The molecule has 1 aromatic heterocycles. The quantitative estimate of drug-likeness (QED) is 0.0239. The van der Waals surface area contributed by atoms with Gasteiger partial charge in [0.2, 0.25) is 5.91 Å². The van der Waals surface area contributed by atoms with Crippen molar-refractivity contribution in [3.8, 4) is 23.0 Å². The molecule has 0 unspecified atom stereocenters. The lowest BCUT2D eigenvalue weighted by molar-refractivity contribution is -0.139. The number of amides is 5. The van der Waals surface area contributed by atoms with Crippen LogP contribution in [0, 0.1) is 0 Å². The second kappa shape index (κ2) is 39.4. The van der Waals surface area contributed by atoms with Crippen molar-refractivity contribution >= 4 is 69.5 Å².